The number of aromatic nitrogens is 1. The quantitative estimate of drug-likeness (QED) is 0.295. The van der Waals surface area contributed by atoms with Gasteiger partial charge in [-0.05, 0) is 92.5 Å². The maximum atomic E-state index is 10.3. The molecule has 5 nitrogen and oxygen atoms in total. The van der Waals surface area contributed by atoms with Crippen LogP contribution in [-0.2, 0) is 0 Å². The molecule has 0 unspecified atom stereocenters. The van der Waals surface area contributed by atoms with Crippen molar-refractivity contribution in [2.24, 2.45) is 10.4 Å². The molecular formula is C34H37N3O2. The number of aromatic hydroxyl groups is 1. The number of phenolic OH excluding ortho intramolecular Hbond substituents is 1. The minimum atomic E-state index is 0.134. The molecule has 0 amide bonds. The maximum absolute atomic E-state index is 10.3. The second-order valence-electron chi connectivity index (χ2n) is 12.0. The zero-order chi connectivity index (χ0) is 27.5. The molecule has 1 saturated carbocycles. The molecule has 6 rings (SSSR count). The van der Waals surface area contributed by atoms with Gasteiger partial charge in [-0.3, -0.25) is 4.99 Å². The Hall–Kier alpha value is -3.86. The number of aliphatic imine (C=N–C) groups is 1. The number of nitrogens with zero attached hydrogens (tertiary/aromatic N) is 3. The van der Waals surface area contributed by atoms with E-state index in [4.69, 9.17) is 9.73 Å². The molecule has 3 aromatic carbocycles. The summed E-state index contributed by atoms with van der Waals surface area (Å²) in [5, 5.41) is 11.1. The number of aryl methyl sites for hydroxylation is 2. The topological polar surface area (TPSA) is 58.0 Å². The van der Waals surface area contributed by atoms with Crippen molar-refractivity contribution >= 4 is 22.4 Å². The number of amidine groups is 1. The zero-order valence-corrected chi connectivity index (χ0v) is 23.7. The standard InChI is InChI=1S/C34H37N3O2/c1-20-18-21(2)23(4)31(22(20)3)37-27-13-9-17-34(5,6)32(27)36-33(37)25-11-7-12-26(19-25)39-29-16-15-24-10-8-14-28(38)30(24)35-29/h7-8,10-12,14-16,18-19,27,32,38H,9,13,17H2,1-6H3/t27-,32-/m1/s1. The summed E-state index contributed by atoms with van der Waals surface area (Å²) >= 11 is 0. The van der Waals surface area contributed by atoms with Crippen LogP contribution in [0.2, 0.25) is 0 Å². The van der Waals surface area contributed by atoms with Crippen LogP contribution in [-0.4, -0.2) is 28.0 Å². The van der Waals surface area contributed by atoms with Crippen LogP contribution in [0.25, 0.3) is 10.9 Å². The van der Waals surface area contributed by atoms with Crippen molar-refractivity contribution in [1.29, 1.82) is 0 Å². The van der Waals surface area contributed by atoms with Crippen LogP contribution in [0.1, 0.15) is 60.9 Å². The molecule has 2 heterocycles. The Balaban J connectivity index is 1.43. The molecule has 2 aliphatic rings. The van der Waals surface area contributed by atoms with E-state index in [-0.39, 0.29) is 17.2 Å². The van der Waals surface area contributed by atoms with Crippen molar-refractivity contribution < 1.29 is 9.84 Å². The number of pyridine rings is 1. The van der Waals surface area contributed by atoms with Crippen molar-refractivity contribution in [3.63, 3.8) is 0 Å². The number of hydrogen-bond donors (Lipinski definition) is 1. The van der Waals surface area contributed by atoms with Gasteiger partial charge in [-0.25, -0.2) is 4.98 Å². The summed E-state index contributed by atoms with van der Waals surface area (Å²) in [6.45, 7) is 13.7. The van der Waals surface area contributed by atoms with E-state index < -0.39 is 0 Å². The lowest BCUT2D eigenvalue weighted by Crippen LogP contribution is -2.48. The number of phenols is 1. The Morgan fingerprint density at radius 3 is 2.44 bits per heavy atom. The highest BCUT2D eigenvalue weighted by Gasteiger charge is 2.48. The van der Waals surface area contributed by atoms with Crippen molar-refractivity contribution in [2.45, 2.75) is 72.9 Å². The molecule has 1 fully saturated rings. The fourth-order valence-corrected chi connectivity index (χ4v) is 6.51. The lowest BCUT2D eigenvalue weighted by molar-refractivity contribution is 0.190. The van der Waals surface area contributed by atoms with Crippen LogP contribution in [0, 0.1) is 33.1 Å². The number of benzene rings is 3. The van der Waals surface area contributed by atoms with Gasteiger partial charge in [0.1, 0.15) is 22.9 Å². The molecule has 1 aromatic heterocycles. The van der Waals surface area contributed by atoms with Crippen LogP contribution in [0.15, 0.2) is 65.7 Å². The van der Waals surface area contributed by atoms with Gasteiger partial charge in [0, 0.05) is 22.7 Å². The first kappa shape index (κ1) is 25.4. The van der Waals surface area contributed by atoms with E-state index >= 15 is 0 Å². The summed E-state index contributed by atoms with van der Waals surface area (Å²) in [7, 11) is 0. The van der Waals surface area contributed by atoms with E-state index in [9.17, 15) is 5.11 Å². The van der Waals surface area contributed by atoms with Gasteiger partial charge >= 0.3 is 0 Å². The van der Waals surface area contributed by atoms with Gasteiger partial charge in [0.05, 0.1) is 12.1 Å². The SMILES string of the molecule is Cc1cc(C)c(C)c(N2C(c3cccc(Oc4ccc5cccc(O)c5n4)c3)=N[C@@H]3[C@H]2CCCC3(C)C)c1C. The third-order valence-electron chi connectivity index (χ3n) is 8.86. The number of anilines is 1. The highest BCUT2D eigenvalue weighted by atomic mass is 16.5. The van der Waals surface area contributed by atoms with E-state index in [1.165, 1.54) is 40.8 Å². The van der Waals surface area contributed by atoms with Gasteiger partial charge in [0.2, 0.25) is 5.88 Å². The van der Waals surface area contributed by atoms with E-state index in [0.29, 0.717) is 23.2 Å². The second kappa shape index (κ2) is 9.41. The summed E-state index contributed by atoms with van der Waals surface area (Å²) in [5.41, 5.74) is 8.28. The summed E-state index contributed by atoms with van der Waals surface area (Å²) < 4.78 is 6.23. The molecule has 1 aliphatic carbocycles. The molecule has 4 aromatic rings. The maximum Gasteiger partial charge on any atom is 0.219 e. The fraction of sp³-hybridized carbons (Fsp3) is 0.353. The van der Waals surface area contributed by atoms with E-state index in [2.05, 4.69) is 69.6 Å². The van der Waals surface area contributed by atoms with Crippen LogP contribution in [0.5, 0.6) is 17.4 Å². The lowest BCUT2D eigenvalue weighted by Gasteiger charge is -2.42. The number of fused-ring (bicyclic) bond motifs is 2. The van der Waals surface area contributed by atoms with Crippen molar-refractivity contribution in [3.8, 4) is 17.4 Å². The highest BCUT2D eigenvalue weighted by Crippen LogP contribution is 2.47. The molecular weight excluding hydrogens is 482 g/mol. The van der Waals surface area contributed by atoms with Gasteiger partial charge in [-0.15, -0.1) is 0 Å². The van der Waals surface area contributed by atoms with E-state index in [1.807, 2.05) is 36.4 Å². The largest absolute Gasteiger partial charge is 0.506 e. The summed E-state index contributed by atoms with van der Waals surface area (Å²) in [6, 6.07) is 20.2. The number of para-hydroxylation sites is 1. The third kappa shape index (κ3) is 4.34. The van der Waals surface area contributed by atoms with Crippen LogP contribution >= 0.6 is 0 Å². The Bertz CT molecular complexity index is 1590. The van der Waals surface area contributed by atoms with Crippen molar-refractivity contribution in [3.05, 3.63) is 88.5 Å². The molecule has 5 heteroatoms. The summed E-state index contributed by atoms with van der Waals surface area (Å²) in [6.07, 6.45) is 3.53. The van der Waals surface area contributed by atoms with Gasteiger partial charge < -0.3 is 14.7 Å². The Morgan fingerprint density at radius 1 is 0.923 bits per heavy atom. The Labute approximate surface area is 231 Å². The molecule has 1 aliphatic heterocycles. The van der Waals surface area contributed by atoms with Gasteiger partial charge in [-0.2, -0.15) is 0 Å². The predicted octanol–water partition coefficient (Wildman–Crippen LogP) is 8.18. The third-order valence-corrected chi connectivity index (χ3v) is 8.86. The normalized spacial score (nSPS) is 20.2. The summed E-state index contributed by atoms with van der Waals surface area (Å²) in [5.74, 6) is 2.31. The van der Waals surface area contributed by atoms with Crippen LogP contribution in [0.3, 0.4) is 0 Å². The molecule has 200 valence electrons. The molecule has 2 atom stereocenters. The van der Waals surface area contributed by atoms with E-state index in [1.54, 1.807) is 6.07 Å². The first-order chi connectivity index (χ1) is 18.6. The fourth-order valence-electron chi connectivity index (χ4n) is 6.51. The Kier molecular flexibility index (Phi) is 6.13. The van der Waals surface area contributed by atoms with Gasteiger partial charge in [0.15, 0.2) is 0 Å². The minimum absolute atomic E-state index is 0.134. The second-order valence-corrected chi connectivity index (χ2v) is 12.0. The van der Waals surface area contributed by atoms with Gasteiger partial charge in [-0.1, -0.05) is 50.6 Å². The Morgan fingerprint density at radius 2 is 1.67 bits per heavy atom. The number of ether oxygens (including phenoxy) is 1. The minimum Gasteiger partial charge on any atom is -0.506 e. The molecule has 0 spiro atoms. The zero-order valence-electron chi connectivity index (χ0n) is 23.7. The van der Waals surface area contributed by atoms with E-state index in [0.717, 1.165) is 23.2 Å². The number of rotatable bonds is 4. The highest BCUT2D eigenvalue weighted by molar-refractivity contribution is 6.13. The van der Waals surface area contributed by atoms with Crippen LogP contribution < -0.4 is 9.64 Å². The smallest absolute Gasteiger partial charge is 0.219 e. The first-order valence-corrected chi connectivity index (χ1v) is 14.0. The molecule has 39 heavy (non-hydrogen) atoms. The molecule has 0 radical (unpaired) electrons. The van der Waals surface area contributed by atoms with Crippen molar-refractivity contribution in [1.82, 2.24) is 4.98 Å². The molecule has 0 bridgehead atoms. The molecule has 1 N–H and O–H groups in total. The molecule has 0 saturated heterocycles. The predicted molar refractivity (Wildman–Crippen MR) is 160 cm³/mol. The monoisotopic (exact) mass is 519 g/mol. The number of hydrogen-bond acceptors (Lipinski definition) is 5. The van der Waals surface area contributed by atoms with Crippen molar-refractivity contribution in [2.75, 3.05) is 4.90 Å². The first-order valence-electron chi connectivity index (χ1n) is 14.0. The van der Waals surface area contributed by atoms with Crippen LogP contribution in [0.4, 0.5) is 5.69 Å². The summed E-state index contributed by atoms with van der Waals surface area (Å²) in [4.78, 5) is 12.6. The average molecular weight is 520 g/mol. The van der Waals surface area contributed by atoms with Gasteiger partial charge in [0.25, 0.3) is 0 Å². The average Bonchev–Trinajstić information content (AvgIpc) is 3.29. The lowest BCUT2D eigenvalue weighted by atomic mass is 9.71.